The highest BCUT2D eigenvalue weighted by molar-refractivity contribution is 5.96. The van der Waals surface area contributed by atoms with E-state index in [1.54, 1.807) is 0 Å². The molecule has 2 aromatic carbocycles. The van der Waals surface area contributed by atoms with Gasteiger partial charge in [-0.1, -0.05) is 42.8 Å². The average molecular weight is 253 g/mol. The zero-order valence-corrected chi connectivity index (χ0v) is 11.4. The van der Waals surface area contributed by atoms with Crippen molar-refractivity contribution in [2.75, 3.05) is 5.73 Å². The molecule has 0 aliphatic carbocycles. The summed E-state index contributed by atoms with van der Waals surface area (Å²) in [6.45, 7) is 4.07. The first-order valence-electron chi connectivity index (χ1n) is 6.51. The van der Waals surface area contributed by atoms with Crippen LogP contribution in [0.2, 0.25) is 0 Å². The van der Waals surface area contributed by atoms with Gasteiger partial charge in [0.05, 0.1) is 0 Å². The molecule has 2 rings (SSSR count). The number of rotatable bonds is 4. The van der Waals surface area contributed by atoms with Crippen molar-refractivity contribution in [1.82, 2.24) is 0 Å². The van der Waals surface area contributed by atoms with Gasteiger partial charge < -0.3 is 5.73 Å². The molecule has 0 bridgehead atoms. The fourth-order valence-corrected chi connectivity index (χ4v) is 2.16. The van der Waals surface area contributed by atoms with Gasteiger partial charge in [0.2, 0.25) is 0 Å². The molecule has 0 spiro atoms. The molecule has 0 amide bonds. The number of Topliss-reactive ketones (excluding diaryl/α,β-unsaturated/α-hetero) is 1. The third-order valence-corrected chi connectivity index (χ3v) is 3.34. The number of hydrogen-bond donors (Lipinski definition) is 1. The Labute approximate surface area is 114 Å². The predicted molar refractivity (Wildman–Crippen MR) is 79.4 cm³/mol. The van der Waals surface area contributed by atoms with E-state index < -0.39 is 0 Å². The highest BCUT2D eigenvalue weighted by Crippen LogP contribution is 2.22. The molecule has 2 aromatic rings. The summed E-state index contributed by atoms with van der Waals surface area (Å²) in [5.74, 6) is 0.390. The second-order valence-corrected chi connectivity index (χ2v) is 5.06. The molecule has 0 saturated heterocycles. The van der Waals surface area contributed by atoms with E-state index >= 15 is 0 Å². The summed E-state index contributed by atoms with van der Waals surface area (Å²) in [7, 11) is 0. The first-order chi connectivity index (χ1) is 9.06. The number of carbonyl (C=O) groups excluding carboxylic acids is 1. The summed E-state index contributed by atoms with van der Waals surface area (Å²) in [4.78, 5) is 12.2. The maximum atomic E-state index is 12.2. The number of anilines is 1. The van der Waals surface area contributed by atoms with Crippen LogP contribution in [-0.4, -0.2) is 5.78 Å². The van der Waals surface area contributed by atoms with Crippen LogP contribution in [0.4, 0.5) is 5.69 Å². The van der Waals surface area contributed by atoms with Gasteiger partial charge in [0.1, 0.15) is 0 Å². The van der Waals surface area contributed by atoms with E-state index in [4.69, 9.17) is 5.73 Å². The SMILES string of the molecule is Cc1cccc(C(=O)CC(C)c2ccc(N)cc2)c1. The van der Waals surface area contributed by atoms with E-state index in [1.807, 2.05) is 55.5 Å². The highest BCUT2D eigenvalue weighted by atomic mass is 16.1. The quantitative estimate of drug-likeness (QED) is 0.662. The zero-order valence-electron chi connectivity index (χ0n) is 11.4. The molecule has 2 nitrogen and oxygen atoms in total. The van der Waals surface area contributed by atoms with Crippen LogP contribution in [0.3, 0.4) is 0 Å². The molecular formula is C17H19NO. The third-order valence-electron chi connectivity index (χ3n) is 3.34. The van der Waals surface area contributed by atoms with Crippen LogP contribution in [0.15, 0.2) is 48.5 Å². The fraction of sp³-hybridized carbons (Fsp3) is 0.235. The average Bonchev–Trinajstić information content (AvgIpc) is 2.39. The van der Waals surface area contributed by atoms with Gasteiger partial charge in [-0.2, -0.15) is 0 Å². The van der Waals surface area contributed by atoms with Gasteiger partial charge in [-0.25, -0.2) is 0 Å². The molecule has 0 heterocycles. The topological polar surface area (TPSA) is 43.1 Å². The minimum Gasteiger partial charge on any atom is -0.399 e. The van der Waals surface area contributed by atoms with Gasteiger partial charge in [-0.05, 0) is 36.6 Å². The van der Waals surface area contributed by atoms with E-state index in [0.29, 0.717) is 6.42 Å². The summed E-state index contributed by atoms with van der Waals surface area (Å²) >= 11 is 0. The second-order valence-electron chi connectivity index (χ2n) is 5.06. The van der Waals surface area contributed by atoms with Crippen LogP contribution >= 0.6 is 0 Å². The minimum absolute atomic E-state index is 0.188. The zero-order chi connectivity index (χ0) is 13.8. The molecule has 0 aliphatic rings. The van der Waals surface area contributed by atoms with E-state index in [-0.39, 0.29) is 11.7 Å². The minimum atomic E-state index is 0.188. The number of nitrogens with two attached hydrogens (primary N) is 1. The molecule has 2 heteroatoms. The monoisotopic (exact) mass is 253 g/mol. The molecule has 1 unspecified atom stereocenters. The van der Waals surface area contributed by atoms with Gasteiger partial charge in [-0.3, -0.25) is 4.79 Å². The number of benzene rings is 2. The van der Waals surface area contributed by atoms with Crippen molar-refractivity contribution < 1.29 is 4.79 Å². The van der Waals surface area contributed by atoms with Crippen LogP contribution in [0.1, 0.15) is 40.7 Å². The van der Waals surface area contributed by atoms with Crippen LogP contribution in [-0.2, 0) is 0 Å². The van der Waals surface area contributed by atoms with E-state index in [1.165, 1.54) is 0 Å². The van der Waals surface area contributed by atoms with Crippen molar-refractivity contribution >= 4 is 11.5 Å². The van der Waals surface area contributed by atoms with Crippen LogP contribution in [0.5, 0.6) is 0 Å². The number of nitrogen functional groups attached to an aromatic ring is 1. The molecule has 0 aromatic heterocycles. The Morgan fingerprint density at radius 1 is 1.16 bits per heavy atom. The van der Waals surface area contributed by atoms with Gasteiger partial charge in [0, 0.05) is 17.7 Å². The van der Waals surface area contributed by atoms with Crippen LogP contribution in [0, 0.1) is 6.92 Å². The van der Waals surface area contributed by atoms with Crippen molar-refractivity contribution in [2.45, 2.75) is 26.2 Å². The van der Waals surface area contributed by atoms with E-state index in [2.05, 4.69) is 6.92 Å². The Hall–Kier alpha value is -2.09. The molecule has 0 radical (unpaired) electrons. The molecule has 0 aliphatic heterocycles. The molecule has 1 atom stereocenters. The molecule has 98 valence electrons. The largest absolute Gasteiger partial charge is 0.399 e. The Balaban J connectivity index is 2.08. The van der Waals surface area contributed by atoms with Crippen molar-refractivity contribution in [1.29, 1.82) is 0 Å². The lowest BCUT2D eigenvalue weighted by molar-refractivity contribution is 0.0975. The first kappa shape index (κ1) is 13.3. The lowest BCUT2D eigenvalue weighted by Crippen LogP contribution is -2.05. The summed E-state index contributed by atoms with van der Waals surface area (Å²) in [5.41, 5.74) is 9.48. The van der Waals surface area contributed by atoms with Gasteiger partial charge >= 0.3 is 0 Å². The van der Waals surface area contributed by atoms with Crippen molar-refractivity contribution in [3.8, 4) is 0 Å². The van der Waals surface area contributed by atoms with Crippen molar-refractivity contribution in [3.05, 3.63) is 65.2 Å². The Morgan fingerprint density at radius 3 is 2.47 bits per heavy atom. The van der Waals surface area contributed by atoms with Gasteiger partial charge in [-0.15, -0.1) is 0 Å². The second kappa shape index (κ2) is 5.70. The van der Waals surface area contributed by atoms with Gasteiger partial charge in [0.15, 0.2) is 5.78 Å². The van der Waals surface area contributed by atoms with E-state index in [9.17, 15) is 4.79 Å². The lowest BCUT2D eigenvalue weighted by Gasteiger charge is -2.11. The Kier molecular flexibility index (Phi) is 4.00. The van der Waals surface area contributed by atoms with Gasteiger partial charge in [0.25, 0.3) is 0 Å². The van der Waals surface area contributed by atoms with Crippen LogP contribution in [0.25, 0.3) is 0 Å². The lowest BCUT2D eigenvalue weighted by atomic mass is 9.93. The van der Waals surface area contributed by atoms with E-state index in [0.717, 1.165) is 22.4 Å². The number of aryl methyl sites for hydroxylation is 1. The standard InChI is InChI=1S/C17H19NO/c1-12-4-3-5-15(10-12)17(19)11-13(2)14-6-8-16(18)9-7-14/h3-10,13H,11,18H2,1-2H3. The third kappa shape index (κ3) is 3.44. The van der Waals surface area contributed by atoms with Crippen LogP contribution < -0.4 is 5.73 Å². The Morgan fingerprint density at radius 2 is 1.84 bits per heavy atom. The highest BCUT2D eigenvalue weighted by Gasteiger charge is 2.13. The fourth-order valence-electron chi connectivity index (χ4n) is 2.16. The number of ketones is 1. The molecular weight excluding hydrogens is 234 g/mol. The molecule has 19 heavy (non-hydrogen) atoms. The number of carbonyl (C=O) groups is 1. The number of hydrogen-bond acceptors (Lipinski definition) is 2. The smallest absolute Gasteiger partial charge is 0.163 e. The normalized spacial score (nSPS) is 12.1. The molecule has 2 N–H and O–H groups in total. The summed E-state index contributed by atoms with van der Waals surface area (Å²) in [5, 5.41) is 0. The first-order valence-corrected chi connectivity index (χ1v) is 6.51. The van der Waals surface area contributed by atoms with Crippen molar-refractivity contribution in [3.63, 3.8) is 0 Å². The maximum absolute atomic E-state index is 12.2. The summed E-state index contributed by atoms with van der Waals surface area (Å²) < 4.78 is 0. The maximum Gasteiger partial charge on any atom is 0.163 e. The predicted octanol–water partition coefficient (Wildman–Crippen LogP) is 3.95. The summed E-state index contributed by atoms with van der Waals surface area (Å²) in [6, 6.07) is 15.5. The van der Waals surface area contributed by atoms with Crippen molar-refractivity contribution in [2.24, 2.45) is 0 Å². The molecule has 0 saturated carbocycles. The Bertz CT molecular complexity index is 572. The molecule has 0 fully saturated rings. The summed E-state index contributed by atoms with van der Waals surface area (Å²) in [6.07, 6.45) is 0.521.